The lowest BCUT2D eigenvalue weighted by molar-refractivity contribution is -0.369. The fraction of sp³-hybridized carbons (Fsp3) is 0.483. The minimum atomic E-state index is -1.16. The molecule has 10 rings (SSSR count). The van der Waals surface area contributed by atoms with Crippen LogP contribution in [-0.2, 0) is 28.5 Å². The zero-order chi connectivity index (χ0) is 49.7. The summed E-state index contributed by atoms with van der Waals surface area (Å²) in [6.07, 6.45) is 13.8. The van der Waals surface area contributed by atoms with Gasteiger partial charge in [-0.1, -0.05) is 36.8 Å². The molecule has 0 bridgehead atoms. The second-order valence-corrected chi connectivity index (χ2v) is 21.8. The van der Waals surface area contributed by atoms with Crippen molar-refractivity contribution in [3.05, 3.63) is 130 Å². The number of fused-ring (bicyclic) bond motifs is 2. The number of amides is 3. The average molecular weight is 960 g/mol. The molecule has 13 heteroatoms. The van der Waals surface area contributed by atoms with Crippen molar-refractivity contribution in [1.82, 2.24) is 29.2 Å². The Labute approximate surface area is 417 Å². The molecule has 1 aliphatic carbocycles. The van der Waals surface area contributed by atoms with Crippen LogP contribution in [0.25, 0.3) is 16.7 Å². The van der Waals surface area contributed by atoms with Crippen LogP contribution >= 0.6 is 0 Å². The number of pyridine rings is 2. The molecule has 4 atom stereocenters. The van der Waals surface area contributed by atoms with Gasteiger partial charge in [-0.3, -0.25) is 23.9 Å². The summed E-state index contributed by atoms with van der Waals surface area (Å²) >= 11 is 0. The molecule has 7 heterocycles. The Morgan fingerprint density at radius 3 is 2.41 bits per heavy atom. The number of benzene rings is 2. The summed E-state index contributed by atoms with van der Waals surface area (Å²) in [5.74, 6) is 1.89. The number of carbonyl (C=O) groups is 3. The standard InChI is InChI=1S/C58H70N8O5/c1-36-30-39(31-40-10-15-49-47(33-40)58(3,4)57(71)66(49)50-16-17-52(67)61-55(50)69)8-7-9-44(36)32-38-19-25-64(26-20-38)56(70)43-13-11-41(12-14-43)42-21-27-63(28-22-42)37(2)51-35-46-48(18-24-60-54(46)62(51)6)65-29-23-45(59-5)34-53(65)68/h10-15,18,23-24,29,33-35,37-39,42,44,55,69H,1,7-9,16-17,19-22,25-28,30-32H2,2-6H3,(H-,59,61,67,68)/p+1/t37-,39?,44?,55?/m0/s1. The number of aromatic nitrogens is 3. The zero-order valence-electron chi connectivity index (χ0n) is 42.3. The largest absolute Gasteiger partial charge is 0.403 e. The number of rotatable bonds is 10. The number of hydrogen-bond acceptors (Lipinski definition) is 8. The van der Waals surface area contributed by atoms with Crippen LogP contribution in [0, 0.1) is 17.8 Å². The van der Waals surface area contributed by atoms with Gasteiger partial charge in [0, 0.05) is 98.5 Å². The van der Waals surface area contributed by atoms with E-state index in [0.29, 0.717) is 35.8 Å². The molecule has 5 aliphatic rings. The van der Waals surface area contributed by atoms with Gasteiger partial charge in [-0.15, -0.1) is 4.58 Å². The van der Waals surface area contributed by atoms with Gasteiger partial charge in [0.05, 0.1) is 5.69 Å². The second kappa shape index (κ2) is 19.8. The Bertz CT molecular complexity index is 2970. The number of likely N-dealkylation sites (tertiary alicyclic amines) is 2. The van der Waals surface area contributed by atoms with E-state index >= 15 is 0 Å². The lowest BCUT2D eigenvalue weighted by atomic mass is 9.81. The molecule has 3 aromatic heterocycles. The van der Waals surface area contributed by atoms with Crippen molar-refractivity contribution in [2.24, 2.45) is 24.8 Å². The summed E-state index contributed by atoms with van der Waals surface area (Å²) < 4.78 is 5.50. The van der Waals surface area contributed by atoms with Gasteiger partial charge < -0.3 is 25.2 Å². The van der Waals surface area contributed by atoms with Crippen LogP contribution in [-0.4, -0.2) is 96.5 Å². The van der Waals surface area contributed by atoms with Crippen molar-refractivity contribution in [2.45, 2.75) is 121 Å². The minimum Gasteiger partial charge on any atom is -0.388 e. The lowest BCUT2D eigenvalue weighted by Gasteiger charge is -2.36. The number of nitrogens with zero attached hydrogens (tertiary/aromatic N) is 6. The van der Waals surface area contributed by atoms with Crippen LogP contribution in [0.15, 0.2) is 96.1 Å². The van der Waals surface area contributed by atoms with Gasteiger partial charge in [0.25, 0.3) is 11.5 Å². The van der Waals surface area contributed by atoms with Gasteiger partial charge in [0.15, 0.2) is 0 Å². The Morgan fingerprint density at radius 2 is 1.69 bits per heavy atom. The first kappa shape index (κ1) is 48.4. The topological polar surface area (TPSA) is 145 Å². The minimum absolute atomic E-state index is 0.0683. The molecule has 3 N–H and O–H groups in total. The molecule has 13 nitrogen and oxygen atoms in total. The molecule has 5 aromatic rings. The van der Waals surface area contributed by atoms with Crippen molar-refractivity contribution in [3.8, 4) is 5.69 Å². The first-order valence-corrected chi connectivity index (χ1v) is 26.2. The highest BCUT2D eigenvalue weighted by molar-refractivity contribution is 6.01. The lowest BCUT2D eigenvalue weighted by Crippen LogP contribution is -2.49. The molecule has 0 spiro atoms. The van der Waals surface area contributed by atoms with Crippen LogP contribution in [0.5, 0.6) is 0 Å². The highest BCUT2D eigenvalue weighted by Crippen LogP contribution is 2.44. The molecule has 4 fully saturated rings. The average Bonchev–Trinajstić information content (AvgIpc) is 3.73. The smallest absolute Gasteiger partial charge is 0.388 e. The van der Waals surface area contributed by atoms with Gasteiger partial charge in [0.1, 0.15) is 11.1 Å². The maximum atomic E-state index is 13.8. The number of hydrogen-bond donors (Lipinski definition) is 3. The number of aliphatic hydroxyl groups is 1. The van der Waals surface area contributed by atoms with Crippen molar-refractivity contribution in [2.75, 3.05) is 38.5 Å². The van der Waals surface area contributed by atoms with E-state index in [9.17, 15) is 24.3 Å². The third-order valence-electron chi connectivity index (χ3n) is 17.1. The predicted molar refractivity (Wildman–Crippen MR) is 279 cm³/mol. The van der Waals surface area contributed by atoms with Crippen LogP contribution in [0.1, 0.15) is 136 Å². The molecule has 2 aromatic carbocycles. The molecule has 71 heavy (non-hydrogen) atoms. The number of carbonyl (C=O) groups excluding carboxylic acids is 3. The van der Waals surface area contributed by atoms with Crippen molar-refractivity contribution >= 4 is 45.8 Å². The summed E-state index contributed by atoms with van der Waals surface area (Å²) in [5.41, 5.74) is 9.82. The first-order valence-electron chi connectivity index (χ1n) is 26.2. The summed E-state index contributed by atoms with van der Waals surface area (Å²) in [4.78, 5) is 61.8. The van der Waals surface area contributed by atoms with E-state index in [-0.39, 0.29) is 35.7 Å². The third-order valence-corrected chi connectivity index (χ3v) is 17.1. The van der Waals surface area contributed by atoms with Gasteiger partial charge in [0.2, 0.25) is 23.5 Å². The fourth-order valence-electron chi connectivity index (χ4n) is 12.7. The fourth-order valence-corrected chi connectivity index (χ4v) is 12.7. The van der Waals surface area contributed by atoms with E-state index in [2.05, 4.69) is 75.9 Å². The Morgan fingerprint density at radius 1 is 0.930 bits per heavy atom. The monoisotopic (exact) mass is 960 g/mol. The molecular formula is C58H71N8O5+. The van der Waals surface area contributed by atoms with Crippen molar-refractivity contribution in [1.29, 1.82) is 0 Å². The number of piperidine rings is 3. The highest BCUT2D eigenvalue weighted by Gasteiger charge is 2.53. The van der Waals surface area contributed by atoms with Gasteiger partial charge >= 0.3 is 5.91 Å². The maximum absolute atomic E-state index is 13.8. The molecule has 1 saturated carbocycles. The van der Waals surface area contributed by atoms with E-state index in [4.69, 9.17) is 4.98 Å². The molecular weight excluding hydrogens is 889 g/mol. The van der Waals surface area contributed by atoms with Crippen molar-refractivity contribution in [3.63, 3.8) is 0 Å². The third kappa shape index (κ3) is 9.43. The van der Waals surface area contributed by atoms with E-state index < -0.39 is 11.6 Å². The quantitative estimate of drug-likeness (QED) is 0.0717. The molecule has 0 radical (unpaired) electrons. The number of anilines is 1. The first-order chi connectivity index (χ1) is 34.2. The van der Waals surface area contributed by atoms with E-state index in [1.165, 1.54) is 28.8 Å². The Balaban J connectivity index is 0.694. The summed E-state index contributed by atoms with van der Waals surface area (Å²) in [5, 5.41) is 17.3. The highest BCUT2D eigenvalue weighted by atomic mass is 16.3. The zero-order valence-corrected chi connectivity index (χ0v) is 42.3. The number of aryl methyl sites for hydroxylation is 1. The maximum Gasteiger partial charge on any atom is 0.403 e. The molecule has 3 saturated heterocycles. The summed E-state index contributed by atoms with van der Waals surface area (Å²) in [6.45, 7) is 14.4. The number of aliphatic hydroxyl groups excluding tert-OH is 1. The van der Waals surface area contributed by atoms with E-state index in [1.807, 2.05) is 57.4 Å². The summed E-state index contributed by atoms with van der Waals surface area (Å²) in [6, 6.07) is 22.6. The van der Waals surface area contributed by atoms with Gasteiger partial charge in [-0.05, 0) is 163 Å². The molecule has 3 unspecified atom stereocenters. The normalized spacial score (nSPS) is 23.9. The molecule has 372 valence electrons. The van der Waals surface area contributed by atoms with Crippen LogP contribution in [0.4, 0.5) is 11.4 Å². The van der Waals surface area contributed by atoms with E-state index in [0.717, 1.165) is 123 Å². The predicted octanol–water partition coefficient (Wildman–Crippen LogP) is 8.69. The van der Waals surface area contributed by atoms with Crippen LogP contribution in [0.3, 0.4) is 0 Å². The molecule has 4 aliphatic heterocycles. The van der Waals surface area contributed by atoms with Crippen molar-refractivity contribution < 1.29 is 24.1 Å². The van der Waals surface area contributed by atoms with Gasteiger partial charge in [-0.2, -0.15) is 0 Å². The number of allylic oxidation sites excluding steroid dienone is 1. The van der Waals surface area contributed by atoms with Crippen LogP contribution in [0.2, 0.25) is 0 Å². The number of nitrogens with one attached hydrogen (secondary N) is 2. The SMILES string of the molecule is C=C1CC(Cc2ccc3c(c2)C(C)(C)C(=O)[N+]3=C2CCC(=O)NC2O)CCCC1CC1CCN(C(=O)c2ccc(C3CCN([C@@H](C)c4cc5c(-n6ccc(NC)cc6=O)ccnc5n4C)CC3)cc2)CC1. The Hall–Kier alpha value is -6.18. The summed E-state index contributed by atoms with van der Waals surface area (Å²) in [7, 11) is 3.88. The molecule has 3 amide bonds. The Kier molecular flexibility index (Phi) is 13.5. The van der Waals surface area contributed by atoms with E-state index in [1.54, 1.807) is 21.4 Å². The second-order valence-electron chi connectivity index (χ2n) is 21.8. The van der Waals surface area contributed by atoms with Crippen LogP contribution < -0.4 is 16.2 Å². The van der Waals surface area contributed by atoms with Gasteiger partial charge in [-0.25, -0.2) is 9.78 Å².